The lowest BCUT2D eigenvalue weighted by Gasteiger charge is -2.25. The molecule has 1 nitrogen and oxygen atoms in total. The molecule has 2 aliphatic carbocycles. The van der Waals surface area contributed by atoms with Gasteiger partial charge in [-0.15, -0.1) is 0 Å². The van der Waals surface area contributed by atoms with Gasteiger partial charge in [-0.1, -0.05) is 48.8 Å². The van der Waals surface area contributed by atoms with Crippen LogP contribution in [0.1, 0.15) is 65.2 Å². The van der Waals surface area contributed by atoms with Gasteiger partial charge in [0.2, 0.25) is 0 Å². The molecule has 2 rings (SSSR count). The van der Waals surface area contributed by atoms with Crippen LogP contribution in [0, 0.1) is 5.92 Å². The SMILES string of the molecule is CCN(C)C1CCCC(C2=CCC(C)=CC=CCC2)CC1. The molecule has 0 heterocycles. The Bertz CT molecular complexity index is 402. The van der Waals surface area contributed by atoms with E-state index in [1.165, 1.54) is 57.1 Å². The van der Waals surface area contributed by atoms with Crippen LogP contribution >= 0.6 is 0 Å². The number of hydrogen-bond donors (Lipinski definition) is 0. The highest BCUT2D eigenvalue weighted by molar-refractivity contribution is 5.19. The Balaban J connectivity index is 1.99. The minimum atomic E-state index is 0.818. The fourth-order valence-electron chi connectivity index (χ4n) is 3.76. The number of hydrogen-bond acceptors (Lipinski definition) is 1. The molecule has 2 atom stereocenters. The Morgan fingerprint density at radius 1 is 1.19 bits per heavy atom. The minimum absolute atomic E-state index is 0.818. The Hall–Kier alpha value is -0.820. The van der Waals surface area contributed by atoms with Crippen LogP contribution in [0.25, 0.3) is 0 Å². The summed E-state index contributed by atoms with van der Waals surface area (Å²) >= 11 is 0. The van der Waals surface area contributed by atoms with Crippen molar-refractivity contribution in [3.8, 4) is 0 Å². The molecule has 2 aliphatic rings. The topological polar surface area (TPSA) is 3.24 Å². The number of rotatable bonds is 3. The van der Waals surface area contributed by atoms with E-state index in [0.29, 0.717) is 0 Å². The molecule has 1 heteroatoms. The lowest BCUT2D eigenvalue weighted by molar-refractivity contribution is 0.230. The fraction of sp³-hybridized carbons (Fsp3) is 0.700. The summed E-state index contributed by atoms with van der Waals surface area (Å²) in [5.74, 6) is 0.847. The van der Waals surface area contributed by atoms with Crippen molar-refractivity contribution in [2.45, 2.75) is 71.3 Å². The Morgan fingerprint density at radius 2 is 2.05 bits per heavy atom. The summed E-state index contributed by atoms with van der Waals surface area (Å²) < 4.78 is 0. The summed E-state index contributed by atoms with van der Waals surface area (Å²) in [4.78, 5) is 2.55. The molecule has 0 amide bonds. The molecule has 0 N–H and O–H groups in total. The largest absolute Gasteiger partial charge is 0.304 e. The number of nitrogens with zero attached hydrogens (tertiary/aromatic N) is 1. The van der Waals surface area contributed by atoms with Crippen LogP contribution in [0.2, 0.25) is 0 Å². The minimum Gasteiger partial charge on any atom is -0.304 e. The maximum atomic E-state index is 2.55. The van der Waals surface area contributed by atoms with Gasteiger partial charge < -0.3 is 4.90 Å². The van der Waals surface area contributed by atoms with Gasteiger partial charge in [0.1, 0.15) is 0 Å². The summed E-state index contributed by atoms with van der Waals surface area (Å²) in [7, 11) is 2.29. The van der Waals surface area contributed by atoms with E-state index in [-0.39, 0.29) is 0 Å². The van der Waals surface area contributed by atoms with Gasteiger partial charge in [-0.3, -0.25) is 0 Å². The van der Waals surface area contributed by atoms with Crippen molar-refractivity contribution in [1.29, 1.82) is 0 Å². The Morgan fingerprint density at radius 3 is 2.86 bits per heavy atom. The van der Waals surface area contributed by atoms with E-state index in [1.807, 2.05) is 0 Å². The summed E-state index contributed by atoms with van der Waals surface area (Å²) in [5, 5.41) is 0. The van der Waals surface area contributed by atoms with Gasteiger partial charge >= 0.3 is 0 Å². The first-order chi connectivity index (χ1) is 10.2. The second kappa shape index (κ2) is 8.58. The van der Waals surface area contributed by atoms with E-state index >= 15 is 0 Å². The van der Waals surface area contributed by atoms with E-state index in [0.717, 1.165) is 18.4 Å². The first kappa shape index (κ1) is 16.5. The van der Waals surface area contributed by atoms with Crippen LogP contribution in [-0.2, 0) is 0 Å². The zero-order chi connectivity index (χ0) is 15.1. The second-order valence-electron chi connectivity index (χ2n) is 6.90. The van der Waals surface area contributed by atoms with E-state index in [9.17, 15) is 0 Å². The predicted molar refractivity (Wildman–Crippen MR) is 93.5 cm³/mol. The zero-order valence-electron chi connectivity index (χ0n) is 14.3. The normalized spacial score (nSPS) is 28.2. The van der Waals surface area contributed by atoms with Crippen LogP contribution in [0.5, 0.6) is 0 Å². The maximum absolute atomic E-state index is 2.55. The molecule has 0 bridgehead atoms. The lowest BCUT2D eigenvalue weighted by Crippen LogP contribution is -2.30. The Kier molecular flexibility index (Phi) is 6.76. The third-order valence-corrected chi connectivity index (χ3v) is 5.39. The molecular formula is C20H33N. The van der Waals surface area contributed by atoms with Gasteiger partial charge in [-0.05, 0) is 71.4 Å². The molecule has 1 saturated carbocycles. The van der Waals surface area contributed by atoms with Crippen molar-refractivity contribution in [3.63, 3.8) is 0 Å². The molecular weight excluding hydrogens is 254 g/mol. The monoisotopic (exact) mass is 287 g/mol. The third-order valence-electron chi connectivity index (χ3n) is 5.39. The molecule has 0 radical (unpaired) electrons. The summed E-state index contributed by atoms with van der Waals surface area (Å²) in [5.41, 5.74) is 3.23. The standard InChI is InChI=1S/C20H33N/c1-4-21(3)20-12-8-11-19(15-16-20)18-10-7-5-6-9-17(2)13-14-18/h5-6,9,14,19-20H,4,7-8,10-13,15-16H2,1-3H3. The average molecular weight is 287 g/mol. The first-order valence-electron chi connectivity index (χ1n) is 8.92. The van der Waals surface area contributed by atoms with E-state index in [4.69, 9.17) is 0 Å². The van der Waals surface area contributed by atoms with E-state index in [1.54, 1.807) is 5.57 Å². The highest BCUT2D eigenvalue weighted by Gasteiger charge is 2.23. The molecule has 0 aromatic rings. The maximum Gasteiger partial charge on any atom is 0.00923 e. The predicted octanol–water partition coefficient (Wildman–Crippen LogP) is 5.50. The molecule has 0 saturated heterocycles. The molecule has 0 aromatic carbocycles. The van der Waals surface area contributed by atoms with Gasteiger partial charge in [0, 0.05) is 6.04 Å². The van der Waals surface area contributed by atoms with Crippen LogP contribution < -0.4 is 0 Å². The first-order valence-corrected chi connectivity index (χ1v) is 8.92. The van der Waals surface area contributed by atoms with E-state index < -0.39 is 0 Å². The van der Waals surface area contributed by atoms with Crippen LogP contribution in [0.15, 0.2) is 35.5 Å². The van der Waals surface area contributed by atoms with Gasteiger partial charge in [0.05, 0.1) is 0 Å². The van der Waals surface area contributed by atoms with Gasteiger partial charge in [-0.2, -0.15) is 0 Å². The van der Waals surface area contributed by atoms with Crippen molar-refractivity contribution in [2.24, 2.45) is 5.92 Å². The highest BCUT2D eigenvalue weighted by atomic mass is 15.1. The summed E-state index contributed by atoms with van der Waals surface area (Å²) in [6.07, 6.45) is 20.0. The summed E-state index contributed by atoms with van der Waals surface area (Å²) in [6.45, 7) is 5.72. The molecule has 0 aliphatic heterocycles. The smallest absolute Gasteiger partial charge is 0.00923 e. The summed E-state index contributed by atoms with van der Waals surface area (Å²) in [6, 6.07) is 0.818. The Labute approximate surface area is 131 Å². The highest BCUT2D eigenvalue weighted by Crippen LogP contribution is 2.33. The van der Waals surface area contributed by atoms with E-state index in [2.05, 4.69) is 50.1 Å². The van der Waals surface area contributed by atoms with Crippen molar-refractivity contribution >= 4 is 0 Å². The third kappa shape index (κ3) is 5.14. The van der Waals surface area contributed by atoms with Crippen molar-refractivity contribution in [1.82, 2.24) is 4.90 Å². The van der Waals surface area contributed by atoms with Crippen molar-refractivity contribution < 1.29 is 0 Å². The fourth-order valence-corrected chi connectivity index (χ4v) is 3.76. The average Bonchev–Trinajstić information content (AvgIpc) is 2.68. The zero-order valence-corrected chi connectivity index (χ0v) is 14.3. The van der Waals surface area contributed by atoms with Crippen LogP contribution in [-0.4, -0.2) is 24.5 Å². The van der Waals surface area contributed by atoms with Gasteiger partial charge in [0.15, 0.2) is 0 Å². The van der Waals surface area contributed by atoms with Gasteiger partial charge in [0.25, 0.3) is 0 Å². The molecule has 0 spiro atoms. The van der Waals surface area contributed by atoms with Crippen LogP contribution in [0.3, 0.4) is 0 Å². The molecule has 118 valence electrons. The van der Waals surface area contributed by atoms with Gasteiger partial charge in [-0.25, -0.2) is 0 Å². The second-order valence-corrected chi connectivity index (χ2v) is 6.90. The molecule has 1 fully saturated rings. The molecule has 21 heavy (non-hydrogen) atoms. The van der Waals surface area contributed by atoms with Crippen LogP contribution in [0.4, 0.5) is 0 Å². The molecule has 2 unspecified atom stereocenters. The number of allylic oxidation sites excluding steroid dienone is 6. The van der Waals surface area contributed by atoms with Crippen molar-refractivity contribution in [2.75, 3.05) is 13.6 Å². The lowest BCUT2D eigenvalue weighted by atomic mass is 9.87. The quantitative estimate of drug-likeness (QED) is 0.489. The van der Waals surface area contributed by atoms with Crippen molar-refractivity contribution in [3.05, 3.63) is 35.5 Å². The molecule has 0 aromatic heterocycles.